The van der Waals surface area contributed by atoms with Crippen LogP contribution in [0.25, 0.3) is 0 Å². The molecule has 3 N–H and O–H groups in total. The summed E-state index contributed by atoms with van der Waals surface area (Å²) < 4.78 is 5.49. The van der Waals surface area contributed by atoms with Crippen molar-refractivity contribution in [2.75, 3.05) is 30.3 Å². The van der Waals surface area contributed by atoms with Crippen LogP contribution in [0.15, 0.2) is 24.3 Å². The van der Waals surface area contributed by atoms with Crippen molar-refractivity contribution >= 4 is 23.2 Å². The molecule has 0 spiro atoms. The zero-order valence-corrected chi connectivity index (χ0v) is 14.4. The molecule has 2 rings (SSSR count). The third-order valence-electron chi connectivity index (χ3n) is 3.73. The first-order valence-corrected chi connectivity index (χ1v) is 8.55. The van der Waals surface area contributed by atoms with Crippen LogP contribution in [-0.2, 0) is 14.3 Å². The largest absolute Gasteiger partial charge is 0.377 e. The van der Waals surface area contributed by atoms with E-state index in [1.165, 1.54) is 0 Å². The van der Waals surface area contributed by atoms with Gasteiger partial charge in [0.05, 0.1) is 12.6 Å². The smallest absolute Gasteiger partial charge is 0.238 e. The van der Waals surface area contributed by atoms with Gasteiger partial charge in [-0.1, -0.05) is 13.8 Å². The second kappa shape index (κ2) is 9.39. The molecule has 0 aromatic heterocycles. The molecule has 1 heterocycles. The van der Waals surface area contributed by atoms with Gasteiger partial charge in [-0.25, -0.2) is 0 Å². The van der Waals surface area contributed by atoms with Crippen molar-refractivity contribution in [2.45, 2.75) is 39.2 Å². The number of hydrogen-bond acceptors (Lipinski definition) is 4. The Kier molecular flexibility index (Phi) is 7.21. The molecule has 0 saturated carbocycles. The summed E-state index contributed by atoms with van der Waals surface area (Å²) >= 11 is 0. The van der Waals surface area contributed by atoms with Gasteiger partial charge < -0.3 is 20.7 Å². The van der Waals surface area contributed by atoms with Crippen molar-refractivity contribution in [3.05, 3.63) is 24.3 Å². The zero-order valence-electron chi connectivity index (χ0n) is 14.4. The van der Waals surface area contributed by atoms with E-state index in [1.54, 1.807) is 24.3 Å². The fraction of sp³-hybridized carbons (Fsp3) is 0.556. The van der Waals surface area contributed by atoms with Crippen LogP contribution in [0.5, 0.6) is 0 Å². The van der Waals surface area contributed by atoms with Crippen LogP contribution in [0.3, 0.4) is 0 Å². The van der Waals surface area contributed by atoms with E-state index >= 15 is 0 Å². The number of nitrogens with one attached hydrogen (secondary N) is 3. The standard InChI is InChI=1S/C18H27N3O3/c1-13(2)10-17(22)20-14-5-7-15(8-6-14)21-18(23)12-19-11-16-4-3-9-24-16/h5-8,13,16,19H,3-4,9-12H2,1-2H3,(H,20,22)(H,21,23). The van der Waals surface area contributed by atoms with Gasteiger partial charge in [-0.2, -0.15) is 0 Å². The third kappa shape index (κ3) is 6.68. The zero-order chi connectivity index (χ0) is 17.4. The Hall–Kier alpha value is -1.92. The molecule has 1 unspecified atom stereocenters. The van der Waals surface area contributed by atoms with Crippen molar-refractivity contribution in [1.29, 1.82) is 0 Å². The maximum absolute atomic E-state index is 11.9. The fourth-order valence-electron chi connectivity index (χ4n) is 2.58. The first-order valence-electron chi connectivity index (χ1n) is 8.55. The Morgan fingerprint density at radius 1 is 1.12 bits per heavy atom. The van der Waals surface area contributed by atoms with E-state index in [0.29, 0.717) is 24.6 Å². The summed E-state index contributed by atoms with van der Waals surface area (Å²) in [6, 6.07) is 7.13. The summed E-state index contributed by atoms with van der Waals surface area (Å²) in [4.78, 5) is 23.6. The molecule has 2 amide bonds. The van der Waals surface area contributed by atoms with E-state index in [9.17, 15) is 9.59 Å². The highest BCUT2D eigenvalue weighted by Crippen LogP contribution is 2.14. The summed E-state index contributed by atoms with van der Waals surface area (Å²) in [5, 5.41) is 8.78. The predicted molar refractivity (Wildman–Crippen MR) is 95.0 cm³/mol. The number of anilines is 2. The summed E-state index contributed by atoms with van der Waals surface area (Å²) in [6.07, 6.45) is 2.87. The number of rotatable bonds is 8. The lowest BCUT2D eigenvalue weighted by Crippen LogP contribution is -2.33. The van der Waals surface area contributed by atoms with Gasteiger partial charge in [-0.3, -0.25) is 9.59 Å². The molecule has 132 valence electrons. The number of benzene rings is 1. The average Bonchev–Trinajstić information content (AvgIpc) is 3.01. The second-order valence-electron chi connectivity index (χ2n) is 6.54. The fourth-order valence-corrected chi connectivity index (χ4v) is 2.58. The molecule has 1 fully saturated rings. The minimum atomic E-state index is -0.0930. The molecule has 1 aliphatic rings. The van der Waals surface area contributed by atoms with Crippen LogP contribution in [0.1, 0.15) is 33.1 Å². The molecule has 0 radical (unpaired) electrons. The quantitative estimate of drug-likeness (QED) is 0.682. The van der Waals surface area contributed by atoms with E-state index in [-0.39, 0.29) is 24.5 Å². The van der Waals surface area contributed by atoms with Gasteiger partial charge in [0, 0.05) is 30.9 Å². The predicted octanol–water partition coefficient (Wildman–Crippen LogP) is 2.38. The molecular weight excluding hydrogens is 306 g/mol. The second-order valence-corrected chi connectivity index (χ2v) is 6.54. The van der Waals surface area contributed by atoms with Gasteiger partial charge in [0.1, 0.15) is 0 Å². The van der Waals surface area contributed by atoms with E-state index in [4.69, 9.17) is 4.74 Å². The van der Waals surface area contributed by atoms with E-state index < -0.39 is 0 Å². The number of carbonyl (C=O) groups excluding carboxylic acids is 2. The molecule has 0 aliphatic carbocycles. The van der Waals surface area contributed by atoms with Crippen molar-refractivity contribution < 1.29 is 14.3 Å². The molecule has 0 bridgehead atoms. The van der Waals surface area contributed by atoms with Gasteiger partial charge in [0.25, 0.3) is 0 Å². The van der Waals surface area contributed by atoms with Crippen LogP contribution in [-0.4, -0.2) is 37.6 Å². The molecule has 6 heteroatoms. The van der Waals surface area contributed by atoms with Gasteiger partial charge in [-0.05, 0) is 43.0 Å². The Bertz CT molecular complexity index is 537. The molecule has 24 heavy (non-hydrogen) atoms. The highest BCUT2D eigenvalue weighted by molar-refractivity contribution is 5.93. The maximum atomic E-state index is 11.9. The molecular formula is C18H27N3O3. The van der Waals surface area contributed by atoms with Gasteiger partial charge >= 0.3 is 0 Å². The number of carbonyl (C=O) groups is 2. The van der Waals surface area contributed by atoms with Crippen molar-refractivity contribution in [3.63, 3.8) is 0 Å². The molecule has 1 aromatic rings. The number of amides is 2. The van der Waals surface area contributed by atoms with Crippen LogP contribution in [0.2, 0.25) is 0 Å². The van der Waals surface area contributed by atoms with Crippen LogP contribution < -0.4 is 16.0 Å². The SMILES string of the molecule is CC(C)CC(=O)Nc1ccc(NC(=O)CNCC2CCCO2)cc1. The van der Waals surface area contributed by atoms with Crippen LogP contribution in [0, 0.1) is 5.92 Å². The highest BCUT2D eigenvalue weighted by atomic mass is 16.5. The lowest BCUT2D eigenvalue weighted by Gasteiger charge is -2.11. The monoisotopic (exact) mass is 333 g/mol. The first-order chi connectivity index (χ1) is 11.5. The van der Waals surface area contributed by atoms with E-state index in [0.717, 1.165) is 25.1 Å². The molecule has 1 atom stereocenters. The lowest BCUT2D eigenvalue weighted by molar-refractivity contribution is -0.117. The minimum Gasteiger partial charge on any atom is -0.377 e. The van der Waals surface area contributed by atoms with Gasteiger partial charge in [0.15, 0.2) is 0 Å². The Labute approximate surface area is 143 Å². The van der Waals surface area contributed by atoms with Gasteiger partial charge in [0.2, 0.25) is 11.8 Å². The molecule has 1 saturated heterocycles. The maximum Gasteiger partial charge on any atom is 0.238 e. The van der Waals surface area contributed by atoms with Crippen LogP contribution in [0.4, 0.5) is 11.4 Å². The molecule has 1 aromatic carbocycles. The van der Waals surface area contributed by atoms with Crippen molar-refractivity contribution in [1.82, 2.24) is 5.32 Å². The summed E-state index contributed by atoms with van der Waals surface area (Å²) in [6.45, 7) is 5.79. The van der Waals surface area contributed by atoms with E-state index in [1.807, 2.05) is 13.8 Å². The Morgan fingerprint density at radius 2 is 1.75 bits per heavy atom. The third-order valence-corrected chi connectivity index (χ3v) is 3.73. The van der Waals surface area contributed by atoms with Crippen molar-refractivity contribution in [2.24, 2.45) is 5.92 Å². The Balaban J connectivity index is 1.70. The number of hydrogen-bond donors (Lipinski definition) is 3. The lowest BCUT2D eigenvalue weighted by atomic mass is 10.1. The van der Waals surface area contributed by atoms with Crippen molar-refractivity contribution in [3.8, 4) is 0 Å². The first kappa shape index (κ1) is 18.4. The summed E-state index contributed by atoms with van der Waals surface area (Å²) in [5.41, 5.74) is 1.44. The van der Waals surface area contributed by atoms with Crippen LogP contribution >= 0.6 is 0 Å². The van der Waals surface area contributed by atoms with Gasteiger partial charge in [-0.15, -0.1) is 0 Å². The average molecular weight is 333 g/mol. The summed E-state index contributed by atoms with van der Waals surface area (Å²) in [5.74, 6) is 0.232. The topological polar surface area (TPSA) is 79.5 Å². The minimum absolute atomic E-state index is 0.000109. The summed E-state index contributed by atoms with van der Waals surface area (Å²) in [7, 11) is 0. The normalized spacial score (nSPS) is 17.0. The molecule has 6 nitrogen and oxygen atoms in total. The number of ether oxygens (including phenoxy) is 1. The molecule has 1 aliphatic heterocycles. The Morgan fingerprint density at radius 3 is 2.29 bits per heavy atom. The highest BCUT2D eigenvalue weighted by Gasteiger charge is 2.15. The van der Waals surface area contributed by atoms with E-state index in [2.05, 4.69) is 16.0 Å².